The lowest BCUT2D eigenvalue weighted by atomic mass is 9.84. The molecule has 1 aliphatic rings. The molecule has 0 radical (unpaired) electrons. The van der Waals surface area contributed by atoms with Crippen LogP contribution in [0.15, 0.2) is 91.3 Å². The molecule has 0 spiro atoms. The van der Waals surface area contributed by atoms with Crippen molar-refractivity contribution in [1.82, 2.24) is 29.4 Å². The Hall–Kier alpha value is -4.98. The van der Waals surface area contributed by atoms with Crippen LogP contribution in [0.3, 0.4) is 0 Å². The summed E-state index contributed by atoms with van der Waals surface area (Å²) in [7, 11) is 1.69. The lowest BCUT2D eigenvalue weighted by molar-refractivity contribution is 0.393. The Kier molecular flexibility index (Phi) is 5.18. The molecule has 3 aromatic heterocycles. The number of para-hydroxylation sites is 2. The Morgan fingerprint density at radius 2 is 1.61 bits per heavy atom. The second-order valence-electron chi connectivity index (χ2n) is 9.25. The van der Waals surface area contributed by atoms with Crippen molar-refractivity contribution in [3.8, 4) is 23.2 Å². The number of rotatable bonds is 5. The maximum atomic E-state index is 6.51. The topological polar surface area (TPSA) is 79.4 Å². The first-order valence-corrected chi connectivity index (χ1v) is 12.4. The van der Waals surface area contributed by atoms with Crippen LogP contribution in [0.4, 0.5) is 0 Å². The highest BCUT2D eigenvalue weighted by atomic mass is 16.5. The van der Waals surface area contributed by atoms with Crippen molar-refractivity contribution in [3.63, 3.8) is 0 Å². The van der Waals surface area contributed by atoms with Crippen LogP contribution in [-0.2, 0) is 6.42 Å². The third-order valence-electron chi connectivity index (χ3n) is 6.92. The molecule has 7 rings (SSSR count). The van der Waals surface area contributed by atoms with E-state index in [1.54, 1.807) is 18.0 Å². The SMILES string of the molecule is COc1ccccc1C1c2c(C)nn(-c3ccccc3)c2Oc2ncn3nc(Cc4ccccc4)nc3c21. The first-order chi connectivity index (χ1) is 18.7. The summed E-state index contributed by atoms with van der Waals surface area (Å²) in [6.45, 7) is 2.01. The normalized spacial score (nSPS) is 14.1. The lowest BCUT2D eigenvalue weighted by Gasteiger charge is -2.27. The number of nitrogens with zero attached hydrogens (tertiary/aromatic N) is 6. The maximum Gasteiger partial charge on any atom is 0.230 e. The summed E-state index contributed by atoms with van der Waals surface area (Å²) < 4.78 is 15.9. The number of hydrogen-bond acceptors (Lipinski definition) is 6. The molecule has 0 saturated heterocycles. The molecule has 0 N–H and O–H groups in total. The van der Waals surface area contributed by atoms with Crippen molar-refractivity contribution >= 4 is 5.65 Å². The lowest BCUT2D eigenvalue weighted by Crippen LogP contribution is -2.16. The van der Waals surface area contributed by atoms with Gasteiger partial charge in [-0.15, -0.1) is 5.10 Å². The van der Waals surface area contributed by atoms with Gasteiger partial charge in [-0.25, -0.2) is 19.2 Å². The number of aryl methyl sites for hydroxylation is 1. The van der Waals surface area contributed by atoms with Crippen LogP contribution in [-0.4, -0.2) is 36.5 Å². The van der Waals surface area contributed by atoms with E-state index in [1.165, 1.54) is 0 Å². The molecule has 8 nitrogen and oxygen atoms in total. The zero-order valence-electron chi connectivity index (χ0n) is 20.9. The van der Waals surface area contributed by atoms with Crippen LogP contribution < -0.4 is 9.47 Å². The average molecular weight is 501 g/mol. The van der Waals surface area contributed by atoms with Gasteiger partial charge in [0.05, 0.1) is 35.5 Å². The number of benzene rings is 3. The fourth-order valence-corrected chi connectivity index (χ4v) is 5.24. The van der Waals surface area contributed by atoms with Crippen molar-refractivity contribution in [2.24, 2.45) is 0 Å². The molecule has 0 saturated carbocycles. The van der Waals surface area contributed by atoms with E-state index in [0.29, 0.717) is 29.7 Å². The monoisotopic (exact) mass is 500 g/mol. The molecule has 1 unspecified atom stereocenters. The molecule has 3 aromatic carbocycles. The molecular formula is C30H24N6O2. The number of fused-ring (bicyclic) bond motifs is 4. The van der Waals surface area contributed by atoms with Crippen molar-refractivity contribution < 1.29 is 9.47 Å². The molecular weight excluding hydrogens is 476 g/mol. The fraction of sp³-hybridized carbons (Fsp3) is 0.133. The van der Waals surface area contributed by atoms with Crippen molar-refractivity contribution in [2.75, 3.05) is 7.11 Å². The van der Waals surface area contributed by atoms with Crippen LogP contribution >= 0.6 is 0 Å². The molecule has 0 amide bonds. The molecule has 8 heteroatoms. The minimum atomic E-state index is -0.271. The zero-order chi connectivity index (χ0) is 25.6. The van der Waals surface area contributed by atoms with Crippen LogP contribution in [0.5, 0.6) is 17.5 Å². The largest absolute Gasteiger partial charge is 0.496 e. The van der Waals surface area contributed by atoms with Gasteiger partial charge in [-0.1, -0.05) is 66.7 Å². The molecule has 38 heavy (non-hydrogen) atoms. The van der Waals surface area contributed by atoms with E-state index in [-0.39, 0.29) is 5.92 Å². The summed E-state index contributed by atoms with van der Waals surface area (Å²) >= 11 is 0. The Labute approximate surface area is 219 Å². The minimum Gasteiger partial charge on any atom is -0.496 e. The van der Waals surface area contributed by atoms with E-state index in [9.17, 15) is 0 Å². The summed E-state index contributed by atoms with van der Waals surface area (Å²) in [5.74, 6) is 2.34. The van der Waals surface area contributed by atoms with E-state index in [0.717, 1.165) is 39.4 Å². The van der Waals surface area contributed by atoms with Gasteiger partial charge in [0.1, 0.15) is 12.1 Å². The number of methoxy groups -OCH3 is 1. The quantitative estimate of drug-likeness (QED) is 0.310. The number of aromatic nitrogens is 6. The van der Waals surface area contributed by atoms with Gasteiger partial charge in [-0.3, -0.25) is 0 Å². The standard InChI is InChI=1S/C30H24N6O2/c1-19-25-26(22-15-9-10-16-23(22)37-2)27-28-32-24(17-20-11-5-3-6-12-20)34-35(28)18-31-29(27)38-30(25)36(33-19)21-13-7-4-8-14-21/h3-16,18,26H,17H2,1-2H3. The van der Waals surface area contributed by atoms with Crippen LogP contribution in [0.2, 0.25) is 0 Å². The molecule has 6 aromatic rings. The van der Waals surface area contributed by atoms with Gasteiger partial charge in [0.2, 0.25) is 11.8 Å². The van der Waals surface area contributed by atoms with E-state index in [1.807, 2.05) is 78.3 Å². The average Bonchev–Trinajstić information content (AvgIpc) is 3.53. The summed E-state index contributed by atoms with van der Waals surface area (Å²) in [5.41, 5.74) is 6.39. The van der Waals surface area contributed by atoms with Crippen molar-refractivity contribution in [1.29, 1.82) is 0 Å². The first-order valence-electron chi connectivity index (χ1n) is 12.4. The summed E-state index contributed by atoms with van der Waals surface area (Å²) in [4.78, 5) is 9.68. The van der Waals surface area contributed by atoms with Gasteiger partial charge >= 0.3 is 0 Å². The predicted octanol–water partition coefficient (Wildman–Crippen LogP) is 5.50. The summed E-state index contributed by atoms with van der Waals surface area (Å²) in [6, 6.07) is 28.2. The van der Waals surface area contributed by atoms with Crippen LogP contribution in [0.25, 0.3) is 11.3 Å². The Morgan fingerprint density at radius 3 is 2.39 bits per heavy atom. The van der Waals surface area contributed by atoms with E-state index >= 15 is 0 Å². The molecule has 0 aliphatic carbocycles. The first kappa shape index (κ1) is 22.2. The molecule has 0 fully saturated rings. The van der Waals surface area contributed by atoms with Gasteiger partial charge in [0, 0.05) is 12.0 Å². The third kappa shape index (κ3) is 3.53. The fourth-order valence-electron chi connectivity index (χ4n) is 5.24. The van der Waals surface area contributed by atoms with Gasteiger partial charge in [0.15, 0.2) is 11.5 Å². The minimum absolute atomic E-state index is 0.271. The van der Waals surface area contributed by atoms with E-state index < -0.39 is 0 Å². The van der Waals surface area contributed by atoms with Crippen LogP contribution in [0, 0.1) is 6.92 Å². The number of hydrogen-bond donors (Lipinski definition) is 0. The van der Waals surface area contributed by atoms with E-state index in [4.69, 9.17) is 29.6 Å². The number of ether oxygens (including phenoxy) is 2. The Balaban J connectivity index is 1.47. The second-order valence-corrected chi connectivity index (χ2v) is 9.25. The van der Waals surface area contributed by atoms with Crippen molar-refractivity contribution in [2.45, 2.75) is 19.3 Å². The van der Waals surface area contributed by atoms with Gasteiger partial charge < -0.3 is 9.47 Å². The summed E-state index contributed by atoms with van der Waals surface area (Å²) in [6.07, 6.45) is 2.28. The Bertz CT molecular complexity index is 1780. The highest BCUT2D eigenvalue weighted by Gasteiger charge is 2.39. The van der Waals surface area contributed by atoms with Gasteiger partial charge in [-0.05, 0) is 30.7 Å². The highest BCUT2D eigenvalue weighted by molar-refractivity contribution is 5.67. The third-order valence-corrected chi connectivity index (χ3v) is 6.92. The van der Waals surface area contributed by atoms with Crippen LogP contribution in [0.1, 0.15) is 39.7 Å². The smallest absolute Gasteiger partial charge is 0.230 e. The molecule has 186 valence electrons. The van der Waals surface area contributed by atoms with Gasteiger partial charge in [0.25, 0.3) is 0 Å². The molecule has 1 aliphatic heterocycles. The maximum absolute atomic E-state index is 6.51. The molecule has 0 bridgehead atoms. The predicted molar refractivity (Wildman–Crippen MR) is 142 cm³/mol. The van der Waals surface area contributed by atoms with Crippen molar-refractivity contribution in [3.05, 3.63) is 125 Å². The van der Waals surface area contributed by atoms with Gasteiger partial charge in [-0.2, -0.15) is 5.10 Å². The Morgan fingerprint density at radius 1 is 0.868 bits per heavy atom. The zero-order valence-corrected chi connectivity index (χ0v) is 20.9. The molecule has 1 atom stereocenters. The van der Waals surface area contributed by atoms with E-state index in [2.05, 4.69) is 18.2 Å². The summed E-state index contributed by atoms with van der Waals surface area (Å²) in [5, 5.41) is 9.65. The highest BCUT2D eigenvalue weighted by Crippen LogP contribution is 2.51. The second kappa shape index (κ2) is 8.85. The molecule has 4 heterocycles.